The molecular formula is C13H12ClN3O2. The molecule has 1 aromatic heterocycles. The Bertz CT molecular complexity index is 639. The average Bonchev–Trinajstić information content (AvgIpc) is 2.82. The van der Waals surface area contributed by atoms with Crippen molar-refractivity contribution in [1.82, 2.24) is 14.8 Å². The summed E-state index contributed by atoms with van der Waals surface area (Å²) in [4.78, 5) is 15.6. The van der Waals surface area contributed by atoms with E-state index in [0.29, 0.717) is 17.3 Å². The van der Waals surface area contributed by atoms with Crippen LogP contribution in [-0.4, -0.2) is 25.8 Å². The van der Waals surface area contributed by atoms with Gasteiger partial charge in [0.15, 0.2) is 11.9 Å². The molecule has 1 N–H and O–H groups in total. The van der Waals surface area contributed by atoms with Gasteiger partial charge < -0.3 is 5.11 Å². The van der Waals surface area contributed by atoms with Crippen molar-refractivity contribution in [2.45, 2.75) is 25.3 Å². The number of fused-ring (bicyclic) bond motifs is 1. The van der Waals surface area contributed by atoms with Gasteiger partial charge in [-0.2, -0.15) is 0 Å². The van der Waals surface area contributed by atoms with Crippen LogP contribution in [0.2, 0.25) is 5.02 Å². The summed E-state index contributed by atoms with van der Waals surface area (Å²) in [5.41, 5.74) is 0.804. The van der Waals surface area contributed by atoms with E-state index in [4.69, 9.17) is 11.6 Å². The van der Waals surface area contributed by atoms with Gasteiger partial charge in [0.05, 0.1) is 0 Å². The SMILES string of the molecule is O=C(O)C1CCCc2nc(-c3cccc(Cl)c3)nn21. The first-order valence-corrected chi connectivity index (χ1v) is 6.47. The molecule has 1 unspecified atom stereocenters. The van der Waals surface area contributed by atoms with E-state index in [1.54, 1.807) is 12.1 Å². The van der Waals surface area contributed by atoms with E-state index in [2.05, 4.69) is 10.1 Å². The van der Waals surface area contributed by atoms with Crippen LogP contribution in [0, 0.1) is 0 Å². The van der Waals surface area contributed by atoms with Gasteiger partial charge in [0.25, 0.3) is 0 Å². The van der Waals surface area contributed by atoms with Crippen molar-refractivity contribution in [3.05, 3.63) is 35.1 Å². The van der Waals surface area contributed by atoms with Crippen molar-refractivity contribution in [2.24, 2.45) is 0 Å². The maximum absolute atomic E-state index is 11.2. The second-order valence-electron chi connectivity index (χ2n) is 4.55. The van der Waals surface area contributed by atoms with Gasteiger partial charge in [0.1, 0.15) is 5.82 Å². The summed E-state index contributed by atoms with van der Waals surface area (Å²) < 4.78 is 1.53. The van der Waals surface area contributed by atoms with Crippen LogP contribution in [0.1, 0.15) is 24.7 Å². The fraction of sp³-hybridized carbons (Fsp3) is 0.308. The Balaban J connectivity index is 2.04. The third kappa shape index (κ3) is 2.21. The van der Waals surface area contributed by atoms with Crippen molar-refractivity contribution in [3.8, 4) is 11.4 Å². The lowest BCUT2D eigenvalue weighted by molar-refractivity contribution is -0.141. The lowest BCUT2D eigenvalue weighted by atomic mass is 10.1. The van der Waals surface area contributed by atoms with Crippen LogP contribution >= 0.6 is 11.6 Å². The third-order valence-corrected chi connectivity index (χ3v) is 3.48. The molecule has 1 aliphatic rings. The summed E-state index contributed by atoms with van der Waals surface area (Å²) in [6.45, 7) is 0. The monoisotopic (exact) mass is 277 g/mol. The first-order chi connectivity index (χ1) is 9.15. The number of hydrogen-bond acceptors (Lipinski definition) is 3. The molecule has 98 valence electrons. The summed E-state index contributed by atoms with van der Waals surface area (Å²) >= 11 is 5.94. The van der Waals surface area contributed by atoms with Crippen molar-refractivity contribution < 1.29 is 9.90 Å². The Morgan fingerprint density at radius 3 is 3.05 bits per heavy atom. The molecule has 0 bridgehead atoms. The van der Waals surface area contributed by atoms with E-state index in [1.807, 2.05) is 12.1 Å². The Kier molecular flexibility index (Phi) is 2.98. The minimum Gasteiger partial charge on any atom is -0.480 e. The lowest BCUT2D eigenvalue weighted by Gasteiger charge is -2.19. The zero-order chi connectivity index (χ0) is 13.4. The molecule has 0 saturated heterocycles. The Morgan fingerprint density at radius 2 is 2.32 bits per heavy atom. The summed E-state index contributed by atoms with van der Waals surface area (Å²) in [6.07, 6.45) is 2.18. The molecule has 0 radical (unpaired) electrons. The molecule has 1 atom stereocenters. The van der Waals surface area contributed by atoms with Crippen molar-refractivity contribution in [1.29, 1.82) is 0 Å². The van der Waals surface area contributed by atoms with E-state index in [1.165, 1.54) is 4.68 Å². The molecule has 5 nitrogen and oxygen atoms in total. The zero-order valence-electron chi connectivity index (χ0n) is 10.1. The maximum Gasteiger partial charge on any atom is 0.328 e. The predicted molar refractivity (Wildman–Crippen MR) is 70.1 cm³/mol. The van der Waals surface area contributed by atoms with Crippen molar-refractivity contribution in [3.63, 3.8) is 0 Å². The van der Waals surface area contributed by atoms with Gasteiger partial charge in [-0.15, -0.1) is 5.10 Å². The largest absolute Gasteiger partial charge is 0.480 e. The molecule has 2 aromatic rings. The third-order valence-electron chi connectivity index (χ3n) is 3.24. The quantitative estimate of drug-likeness (QED) is 0.916. The Morgan fingerprint density at radius 1 is 1.47 bits per heavy atom. The fourth-order valence-corrected chi connectivity index (χ4v) is 2.52. The van der Waals surface area contributed by atoms with Crippen LogP contribution in [0.15, 0.2) is 24.3 Å². The number of rotatable bonds is 2. The molecule has 1 aliphatic heterocycles. The maximum atomic E-state index is 11.2. The molecular weight excluding hydrogens is 266 g/mol. The molecule has 0 fully saturated rings. The van der Waals surface area contributed by atoms with E-state index in [0.717, 1.165) is 24.2 Å². The molecule has 1 aromatic carbocycles. The van der Waals surface area contributed by atoms with Gasteiger partial charge in [-0.3, -0.25) is 0 Å². The van der Waals surface area contributed by atoms with Crippen LogP contribution < -0.4 is 0 Å². The van der Waals surface area contributed by atoms with Crippen LogP contribution in [0.3, 0.4) is 0 Å². The van der Waals surface area contributed by atoms with Gasteiger partial charge >= 0.3 is 5.97 Å². The normalized spacial score (nSPS) is 18.1. The number of carboxylic acid groups (broad SMARTS) is 1. The van der Waals surface area contributed by atoms with Gasteiger partial charge in [-0.1, -0.05) is 23.7 Å². The number of hydrogen-bond donors (Lipinski definition) is 1. The minimum atomic E-state index is -0.858. The molecule has 0 saturated carbocycles. The van der Waals surface area contributed by atoms with E-state index in [9.17, 15) is 9.90 Å². The van der Waals surface area contributed by atoms with Crippen molar-refractivity contribution in [2.75, 3.05) is 0 Å². The fourth-order valence-electron chi connectivity index (χ4n) is 2.33. The number of halogens is 1. The number of carbonyl (C=O) groups is 1. The van der Waals surface area contributed by atoms with Crippen molar-refractivity contribution >= 4 is 17.6 Å². The number of aryl methyl sites for hydroxylation is 1. The number of nitrogens with zero attached hydrogens (tertiary/aromatic N) is 3. The highest BCUT2D eigenvalue weighted by molar-refractivity contribution is 6.30. The number of benzene rings is 1. The van der Waals surface area contributed by atoms with Gasteiger partial charge in [0.2, 0.25) is 0 Å². The van der Waals surface area contributed by atoms with Crippen LogP contribution in [-0.2, 0) is 11.2 Å². The standard InChI is InChI=1S/C13H12ClN3O2/c14-9-4-1-3-8(7-9)12-15-11-6-2-5-10(13(18)19)17(11)16-12/h1,3-4,7,10H,2,5-6H2,(H,18,19). The lowest BCUT2D eigenvalue weighted by Crippen LogP contribution is -2.25. The average molecular weight is 278 g/mol. The highest BCUT2D eigenvalue weighted by Gasteiger charge is 2.28. The van der Waals surface area contributed by atoms with Crippen LogP contribution in [0.5, 0.6) is 0 Å². The molecule has 3 rings (SSSR count). The number of aromatic nitrogens is 3. The molecule has 0 spiro atoms. The minimum absolute atomic E-state index is 0.533. The van der Waals surface area contributed by atoms with Gasteiger partial charge in [-0.25, -0.2) is 14.5 Å². The number of carboxylic acids is 1. The molecule has 6 heteroatoms. The summed E-state index contributed by atoms with van der Waals surface area (Å²) in [5, 5.41) is 14.1. The van der Waals surface area contributed by atoms with Crippen LogP contribution in [0.25, 0.3) is 11.4 Å². The van der Waals surface area contributed by atoms with Gasteiger partial charge in [0, 0.05) is 17.0 Å². The van der Waals surface area contributed by atoms with Gasteiger partial charge in [-0.05, 0) is 25.0 Å². The smallest absolute Gasteiger partial charge is 0.328 e. The zero-order valence-corrected chi connectivity index (χ0v) is 10.8. The molecule has 19 heavy (non-hydrogen) atoms. The predicted octanol–water partition coefficient (Wildman–Crippen LogP) is 2.56. The topological polar surface area (TPSA) is 68.0 Å². The van der Waals surface area contributed by atoms with E-state index >= 15 is 0 Å². The van der Waals surface area contributed by atoms with E-state index < -0.39 is 12.0 Å². The van der Waals surface area contributed by atoms with Crippen LogP contribution in [0.4, 0.5) is 0 Å². The molecule has 0 amide bonds. The molecule has 0 aliphatic carbocycles. The first-order valence-electron chi connectivity index (χ1n) is 6.09. The Hall–Kier alpha value is -1.88. The highest BCUT2D eigenvalue weighted by atomic mass is 35.5. The summed E-state index contributed by atoms with van der Waals surface area (Å²) in [6, 6.07) is 6.64. The molecule has 2 heterocycles. The summed E-state index contributed by atoms with van der Waals surface area (Å²) in [5.74, 6) is 0.405. The van der Waals surface area contributed by atoms with E-state index in [-0.39, 0.29) is 0 Å². The Labute approximate surface area is 114 Å². The first kappa shape index (κ1) is 12.2. The second-order valence-corrected chi connectivity index (χ2v) is 4.99. The summed E-state index contributed by atoms with van der Waals surface area (Å²) in [7, 11) is 0. The second kappa shape index (κ2) is 4.66. The highest BCUT2D eigenvalue weighted by Crippen LogP contribution is 2.27. The number of aliphatic carboxylic acids is 1.